The van der Waals surface area contributed by atoms with Crippen LogP contribution in [0.2, 0.25) is 0 Å². The molecule has 2 aliphatic heterocycles. The Balaban J connectivity index is 1.53. The number of methoxy groups -OCH3 is 1. The standard InChI is InChI=1S/C22H32ClN3O3/c1-15(26(17-5-6-17)22(27)21-13-24-8-11-29-21)16-4-7-18-19(23)14-25(20(18)12-16)9-3-10-28-2/h4,7,12,15,17,19,21,24H,3,5-6,8-11,13-14H2,1-2H3/t15-,19?,21-/m1/s1. The summed E-state index contributed by atoms with van der Waals surface area (Å²) in [6.45, 7) is 6.63. The summed E-state index contributed by atoms with van der Waals surface area (Å²) in [4.78, 5) is 17.6. The van der Waals surface area contributed by atoms with Gasteiger partial charge in [-0.1, -0.05) is 12.1 Å². The third-order valence-corrected chi connectivity index (χ3v) is 6.56. The minimum absolute atomic E-state index is 0.0137. The minimum atomic E-state index is -0.376. The van der Waals surface area contributed by atoms with Crippen molar-refractivity contribution in [1.29, 1.82) is 0 Å². The lowest BCUT2D eigenvalue weighted by Gasteiger charge is -2.34. The second kappa shape index (κ2) is 9.21. The number of hydrogen-bond acceptors (Lipinski definition) is 5. The molecule has 0 bridgehead atoms. The Morgan fingerprint density at radius 2 is 2.28 bits per heavy atom. The van der Waals surface area contributed by atoms with Crippen molar-refractivity contribution in [1.82, 2.24) is 10.2 Å². The van der Waals surface area contributed by atoms with Gasteiger partial charge in [0.1, 0.15) is 6.10 Å². The van der Waals surface area contributed by atoms with Gasteiger partial charge in [-0.3, -0.25) is 4.79 Å². The van der Waals surface area contributed by atoms with Gasteiger partial charge in [0.05, 0.1) is 18.0 Å². The Kier molecular flexibility index (Phi) is 6.64. The van der Waals surface area contributed by atoms with Crippen molar-refractivity contribution in [2.75, 3.05) is 51.4 Å². The quantitative estimate of drug-likeness (QED) is 0.516. The fraction of sp³-hybridized carbons (Fsp3) is 0.682. The summed E-state index contributed by atoms with van der Waals surface area (Å²) in [5, 5.41) is 3.29. The number of halogens is 1. The van der Waals surface area contributed by atoms with Crippen LogP contribution < -0.4 is 10.2 Å². The van der Waals surface area contributed by atoms with Crippen LogP contribution in [0.3, 0.4) is 0 Å². The summed E-state index contributed by atoms with van der Waals surface area (Å²) in [7, 11) is 1.73. The molecule has 1 N–H and O–H groups in total. The van der Waals surface area contributed by atoms with Crippen molar-refractivity contribution >= 4 is 23.2 Å². The van der Waals surface area contributed by atoms with E-state index in [1.165, 1.54) is 11.3 Å². The number of nitrogens with one attached hydrogen (secondary N) is 1. The second-order valence-corrected chi connectivity index (χ2v) is 8.82. The van der Waals surface area contributed by atoms with Gasteiger partial charge in [-0.05, 0) is 43.4 Å². The molecule has 1 amide bonds. The Morgan fingerprint density at radius 3 is 2.97 bits per heavy atom. The maximum absolute atomic E-state index is 13.2. The van der Waals surface area contributed by atoms with Crippen molar-refractivity contribution in [3.63, 3.8) is 0 Å². The van der Waals surface area contributed by atoms with Gasteiger partial charge in [-0.15, -0.1) is 11.6 Å². The summed E-state index contributed by atoms with van der Waals surface area (Å²) in [5.41, 5.74) is 3.55. The molecule has 2 fully saturated rings. The first-order valence-corrected chi connectivity index (χ1v) is 11.2. The van der Waals surface area contributed by atoms with Crippen molar-refractivity contribution < 1.29 is 14.3 Å². The molecule has 2 heterocycles. The zero-order valence-electron chi connectivity index (χ0n) is 17.4. The van der Waals surface area contributed by atoms with E-state index in [9.17, 15) is 4.79 Å². The van der Waals surface area contributed by atoms with Crippen LogP contribution in [-0.4, -0.2) is 69.5 Å². The highest BCUT2D eigenvalue weighted by Crippen LogP contribution is 2.42. The highest BCUT2D eigenvalue weighted by molar-refractivity contribution is 6.22. The van der Waals surface area contributed by atoms with E-state index in [-0.39, 0.29) is 23.4 Å². The van der Waals surface area contributed by atoms with Crippen LogP contribution in [0.15, 0.2) is 18.2 Å². The van der Waals surface area contributed by atoms with E-state index < -0.39 is 0 Å². The summed E-state index contributed by atoms with van der Waals surface area (Å²) >= 11 is 6.60. The Bertz CT molecular complexity index is 721. The number of amides is 1. The summed E-state index contributed by atoms with van der Waals surface area (Å²) < 4.78 is 11.0. The molecule has 3 aliphatic rings. The topological polar surface area (TPSA) is 54.0 Å². The smallest absolute Gasteiger partial charge is 0.253 e. The lowest BCUT2D eigenvalue weighted by Crippen LogP contribution is -2.50. The maximum atomic E-state index is 13.2. The number of ether oxygens (including phenoxy) is 2. The summed E-state index contributed by atoms with van der Waals surface area (Å²) in [6, 6.07) is 6.86. The lowest BCUT2D eigenvalue weighted by atomic mass is 10.0. The average Bonchev–Trinajstić information content (AvgIpc) is 3.53. The van der Waals surface area contributed by atoms with E-state index >= 15 is 0 Å². The average molecular weight is 422 g/mol. The SMILES string of the molecule is COCCCN1CC(Cl)c2ccc([C@@H](C)N(C(=O)[C@H]3CNCCO3)C3CC3)cc21. The van der Waals surface area contributed by atoms with E-state index in [4.69, 9.17) is 21.1 Å². The monoisotopic (exact) mass is 421 g/mol. The molecule has 0 radical (unpaired) electrons. The van der Waals surface area contributed by atoms with E-state index in [1.54, 1.807) is 7.11 Å². The van der Waals surface area contributed by atoms with Gasteiger partial charge in [-0.25, -0.2) is 0 Å². The molecule has 0 spiro atoms. The fourth-order valence-corrected chi connectivity index (χ4v) is 4.80. The first kappa shape index (κ1) is 20.9. The molecule has 3 atom stereocenters. The summed E-state index contributed by atoms with van der Waals surface area (Å²) in [6.07, 6.45) is 2.75. The zero-order chi connectivity index (χ0) is 20.4. The molecule has 1 unspecified atom stereocenters. The number of carbonyl (C=O) groups excluding carboxylic acids is 1. The number of benzene rings is 1. The van der Waals surface area contributed by atoms with Gasteiger partial charge in [-0.2, -0.15) is 0 Å². The Hall–Kier alpha value is -1.34. The molecule has 1 saturated heterocycles. The molecular formula is C22H32ClN3O3. The van der Waals surface area contributed by atoms with Crippen molar-refractivity contribution in [2.24, 2.45) is 0 Å². The first-order valence-electron chi connectivity index (χ1n) is 10.8. The number of anilines is 1. The number of morpholine rings is 1. The van der Waals surface area contributed by atoms with Gasteiger partial charge in [0.25, 0.3) is 5.91 Å². The van der Waals surface area contributed by atoms with Crippen molar-refractivity contribution in [3.8, 4) is 0 Å². The predicted molar refractivity (Wildman–Crippen MR) is 115 cm³/mol. The number of alkyl halides is 1. The molecule has 0 aromatic heterocycles. The predicted octanol–water partition coefficient (Wildman–Crippen LogP) is 2.86. The largest absolute Gasteiger partial charge is 0.385 e. The third kappa shape index (κ3) is 4.55. The van der Waals surface area contributed by atoms with Crippen LogP contribution in [0.4, 0.5) is 5.69 Å². The normalized spacial score (nSPS) is 25.0. The minimum Gasteiger partial charge on any atom is -0.385 e. The van der Waals surface area contributed by atoms with Gasteiger partial charge >= 0.3 is 0 Å². The van der Waals surface area contributed by atoms with E-state index in [0.29, 0.717) is 19.2 Å². The fourth-order valence-electron chi connectivity index (χ4n) is 4.45. The van der Waals surface area contributed by atoms with Crippen LogP contribution in [-0.2, 0) is 14.3 Å². The van der Waals surface area contributed by atoms with Crippen LogP contribution in [0.1, 0.15) is 48.7 Å². The zero-order valence-corrected chi connectivity index (χ0v) is 18.2. The molecule has 6 nitrogen and oxygen atoms in total. The number of hydrogen-bond donors (Lipinski definition) is 1. The molecule has 160 valence electrons. The molecule has 1 aliphatic carbocycles. The van der Waals surface area contributed by atoms with Gasteiger partial charge in [0.15, 0.2) is 0 Å². The second-order valence-electron chi connectivity index (χ2n) is 8.29. The lowest BCUT2D eigenvalue weighted by molar-refractivity contribution is -0.148. The molecule has 1 aromatic carbocycles. The Morgan fingerprint density at radius 1 is 1.45 bits per heavy atom. The highest BCUT2D eigenvalue weighted by Gasteiger charge is 2.40. The van der Waals surface area contributed by atoms with Crippen LogP contribution >= 0.6 is 11.6 Å². The number of nitrogens with zero attached hydrogens (tertiary/aromatic N) is 2. The van der Waals surface area contributed by atoms with Gasteiger partial charge < -0.3 is 24.6 Å². The summed E-state index contributed by atoms with van der Waals surface area (Å²) in [5.74, 6) is 0.111. The molecule has 29 heavy (non-hydrogen) atoms. The number of carbonyl (C=O) groups is 1. The van der Waals surface area contributed by atoms with E-state index in [2.05, 4.69) is 40.2 Å². The number of fused-ring (bicyclic) bond motifs is 1. The molecule has 7 heteroatoms. The molecule has 1 aromatic rings. The highest BCUT2D eigenvalue weighted by atomic mass is 35.5. The Labute approximate surface area is 178 Å². The maximum Gasteiger partial charge on any atom is 0.253 e. The number of rotatable bonds is 8. The molecule has 1 saturated carbocycles. The molecular weight excluding hydrogens is 390 g/mol. The van der Waals surface area contributed by atoms with Crippen LogP contribution in [0.5, 0.6) is 0 Å². The van der Waals surface area contributed by atoms with E-state index in [1.807, 2.05) is 0 Å². The van der Waals surface area contributed by atoms with Crippen molar-refractivity contribution in [2.45, 2.75) is 49.8 Å². The first-order chi connectivity index (χ1) is 14.1. The van der Waals surface area contributed by atoms with Crippen LogP contribution in [0.25, 0.3) is 0 Å². The van der Waals surface area contributed by atoms with Gasteiger partial charge in [0, 0.05) is 51.6 Å². The van der Waals surface area contributed by atoms with Crippen LogP contribution in [0, 0.1) is 0 Å². The van der Waals surface area contributed by atoms with Crippen molar-refractivity contribution in [3.05, 3.63) is 29.3 Å². The molecule has 4 rings (SSSR count). The van der Waals surface area contributed by atoms with E-state index in [0.717, 1.165) is 51.1 Å². The van der Waals surface area contributed by atoms with Gasteiger partial charge in [0.2, 0.25) is 0 Å². The third-order valence-electron chi connectivity index (χ3n) is 6.19.